The Kier molecular flexibility index (Phi) is 6.71. The van der Waals surface area contributed by atoms with Crippen molar-refractivity contribution < 1.29 is 35.0 Å². The van der Waals surface area contributed by atoms with Crippen molar-refractivity contribution in [3.8, 4) is 18.2 Å². The Hall–Kier alpha value is -2.45. The zero-order valence-electron chi connectivity index (χ0n) is 17.6. The minimum absolute atomic E-state index is 0.00550. The van der Waals surface area contributed by atoms with Crippen LogP contribution in [-0.2, 0) is 11.2 Å². The number of ether oxygens (including phenoxy) is 2. The molecule has 5 atom stereocenters. The molecule has 9 nitrogen and oxygen atoms in total. The molecule has 0 radical (unpaired) electrons. The fourth-order valence-electron chi connectivity index (χ4n) is 3.58. The zero-order valence-corrected chi connectivity index (χ0v) is 17.6. The maximum atomic E-state index is 10.8. The SMILES string of the molecule is C#Cc1ccc(Cc2c(OC3(O)O[C@H](CO)[C@@H](O)[C@@H](O)[C@H]3O)nn(C(C)C)c2C)cc1. The molecule has 1 fully saturated rings. The second kappa shape index (κ2) is 8.96. The fourth-order valence-corrected chi connectivity index (χ4v) is 3.58. The van der Waals surface area contributed by atoms with Gasteiger partial charge in [0.2, 0.25) is 5.88 Å². The van der Waals surface area contributed by atoms with Gasteiger partial charge in [-0.1, -0.05) is 18.1 Å². The van der Waals surface area contributed by atoms with Gasteiger partial charge in [-0.2, -0.15) is 0 Å². The summed E-state index contributed by atoms with van der Waals surface area (Å²) in [6.07, 6.45) is -0.976. The smallest absolute Gasteiger partial charge is 0.356 e. The third-order valence-electron chi connectivity index (χ3n) is 5.40. The number of benzene rings is 1. The molecule has 1 aromatic carbocycles. The van der Waals surface area contributed by atoms with Crippen LogP contribution in [0.2, 0.25) is 0 Å². The van der Waals surface area contributed by atoms with E-state index in [1.807, 2.05) is 45.0 Å². The lowest BCUT2D eigenvalue weighted by molar-refractivity contribution is -0.423. The van der Waals surface area contributed by atoms with E-state index in [4.69, 9.17) is 15.9 Å². The first kappa shape index (κ1) is 23.2. The number of nitrogens with zero attached hydrogens (tertiary/aromatic N) is 2. The Morgan fingerprint density at radius 3 is 2.42 bits per heavy atom. The van der Waals surface area contributed by atoms with Crippen LogP contribution in [0.4, 0.5) is 0 Å². The van der Waals surface area contributed by atoms with E-state index in [1.165, 1.54) is 0 Å². The second-order valence-corrected chi connectivity index (χ2v) is 7.92. The topological polar surface area (TPSA) is 137 Å². The molecule has 9 heteroatoms. The summed E-state index contributed by atoms with van der Waals surface area (Å²) in [6.45, 7) is 5.00. The van der Waals surface area contributed by atoms with Gasteiger partial charge in [-0.15, -0.1) is 11.5 Å². The Labute approximate surface area is 180 Å². The first-order chi connectivity index (χ1) is 14.6. The highest BCUT2D eigenvalue weighted by Crippen LogP contribution is 2.34. The highest BCUT2D eigenvalue weighted by molar-refractivity contribution is 5.40. The number of terminal acetylenes is 1. The van der Waals surface area contributed by atoms with Crippen molar-refractivity contribution in [2.75, 3.05) is 6.61 Å². The van der Waals surface area contributed by atoms with E-state index in [-0.39, 0.29) is 11.9 Å². The van der Waals surface area contributed by atoms with Crippen LogP contribution in [0.15, 0.2) is 24.3 Å². The van der Waals surface area contributed by atoms with Gasteiger partial charge in [-0.05, 0) is 38.5 Å². The van der Waals surface area contributed by atoms with Crippen LogP contribution in [0.1, 0.15) is 42.3 Å². The minimum atomic E-state index is -2.73. The maximum Gasteiger partial charge on any atom is 0.356 e. The average molecular weight is 432 g/mol. The molecular weight excluding hydrogens is 404 g/mol. The van der Waals surface area contributed by atoms with E-state index in [1.54, 1.807) is 4.68 Å². The predicted octanol–water partition coefficient (Wildman–Crippen LogP) is -0.157. The molecule has 0 aliphatic carbocycles. The molecule has 2 aromatic rings. The molecule has 3 rings (SSSR count). The van der Waals surface area contributed by atoms with E-state index in [9.17, 15) is 25.5 Å². The lowest BCUT2D eigenvalue weighted by Crippen LogP contribution is -2.67. The average Bonchev–Trinajstić information content (AvgIpc) is 3.05. The lowest BCUT2D eigenvalue weighted by atomic mass is 9.98. The fraction of sp³-hybridized carbons (Fsp3) is 0.500. The summed E-state index contributed by atoms with van der Waals surface area (Å²) in [6, 6.07) is 7.33. The van der Waals surface area contributed by atoms with Crippen molar-refractivity contribution in [1.29, 1.82) is 0 Å². The second-order valence-electron chi connectivity index (χ2n) is 7.92. The first-order valence-electron chi connectivity index (χ1n) is 9.99. The number of hydrogen-bond donors (Lipinski definition) is 5. The molecule has 1 unspecified atom stereocenters. The predicted molar refractivity (Wildman–Crippen MR) is 110 cm³/mol. The Balaban J connectivity index is 1.97. The molecule has 1 aromatic heterocycles. The lowest BCUT2D eigenvalue weighted by Gasteiger charge is -2.43. The van der Waals surface area contributed by atoms with Gasteiger partial charge in [0.15, 0.2) is 6.10 Å². The summed E-state index contributed by atoms with van der Waals surface area (Å²) < 4.78 is 12.5. The molecule has 0 spiro atoms. The molecule has 0 amide bonds. The van der Waals surface area contributed by atoms with Gasteiger partial charge in [0.05, 0.1) is 6.61 Å². The molecule has 1 aliphatic heterocycles. The van der Waals surface area contributed by atoms with Gasteiger partial charge in [-0.25, -0.2) is 0 Å². The maximum absolute atomic E-state index is 10.8. The van der Waals surface area contributed by atoms with Crippen LogP contribution in [-0.4, -0.2) is 72.3 Å². The van der Waals surface area contributed by atoms with Crippen LogP contribution in [0.5, 0.6) is 5.88 Å². The highest BCUT2D eigenvalue weighted by Gasteiger charge is 2.55. The molecule has 0 saturated carbocycles. The van der Waals surface area contributed by atoms with Crippen LogP contribution >= 0.6 is 0 Å². The molecular formula is C22H28N2O7. The normalized spacial score (nSPS) is 28.5. The van der Waals surface area contributed by atoms with Crippen molar-refractivity contribution in [1.82, 2.24) is 9.78 Å². The zero-order chi connectivity index (χ0) is 22.9. The standard InChI is InChI=1S/C22H28N2O7/c1-5-14-6-8-15(9-7-14)10-16-13(4)24(12(2)3)23-21(16)31-22(29)20(28)19(27)18(26)17(11-25)30-22/h1,6-9,12,17-20,25-29H,10-11H2,2-4H3/t17-,18-,19-,20-,22?/m1/s1. The van der Waals surface area contributed by atoms with E-state index < -0.39 is 37.0 Å². The van der Waals surface area contributed by atoms with Crippen LogP contribution in [0.3, 0.4) is 0 Å². The largest absolute Gasteiger partial charge is 0.417 e. The van der Waals surface area contributed by atoms with Crippen molar-refractivity contribution >= 4 is 0 Å². The van der Waals surface area contributed by atoms with Gasteiger partial charge in [-0.3, -0.25) is 4.68 Å². The summed E-state index contributed by atoms with van der Waals surface area (Å²) >= 11 is 0. The van der Waals surface area contributed by atoms with Crippen molar-refractivity contribution in [3.05, 3.63) is 46.6 Å². The molecule has 2 heterocycles. The highest BCUT2D eigenvalue weighted by atomic mass is 16.8. The third kappa shape index (κ3) is 4.45. The number of aliphatic hydroxyl groups excluding tert-OH is 4. The summed E-state index contributed by atoms with van der Waals surface area (Å²) in [7, 11) is 0. The van der Waals surface area contributed by atoms with Gasteiger partial charge in [0.25, 0.3) is 0 Å². The minimum Gasteiger partial charge on any atom is -0.417 e. The number of aromatic nitrogens is 2. The Bertz CT molecular complexity index is 948. The van der Waals surface area contributed by atoms with Gasteiger partial charge < -0.3 is 35.0 Å². The van der Waals surface area contributed by atoms with Crippen molar-refractivity contribution in [3.63, 3.8) is 0 Å². The summed E-state index contributed by atoms with van der Waals surface area (Å²) in [5.74, 6) is -0.173. The summed E-state index contributed by atoms with van der Waals surface area (Å²) in [5, 5.41) is 55.0. The van der Waals surface area contributed by atoms with E-state index in [0.717, 1.165) is 16.8 Å². The Morgan fingerprint density at radius 1 is 1.23 bits per heavy atom. The van der Waals surface area contributed by atoms with Crippen LogP contribution in [0, 0.1) is 19.3 Å². The molecule has 5 N–H and O–H groups in total. The van der Waals surface area contributed by atoms with Gasteiger partial charge in [0.1, 0.15) is 18.3 Å². The van der Waals surface area contributed by atoms with E-state index in [2.05, 4.69) is 11.0 Å². The molecule has 31 heavy (non-hydrogen) atoms. The number of rotatable bonds is 6. The third-order valence-corrected chi connectivity index (χ3v) is 5.40. The Morgan fingerprint density at radius 2 is 1.87 bits per heavy atom. The van der Waals surface area contributed by atoms with Crippen LogP contribution < -0.4 is 4.74 Å². The molecule has 168 valence electrons. The number of aliphatic hydroxyl groups is 5. The first-order valence-corrected chi connectivity index (χ1v) is 9.99. The summed E-state index contributed by atoms with van der Waals surface area (Å²) in [5.41, 5.74) is 3.06. The summed E-state index contributed by atoms with van der Waals surface area (Å²) in [4.78, 5) is 0. The van der Waals surface area contributed by atoms with Crippen molar-refractivity contribution in [2.24, 2.45) is 0 Å². The van der Waals surface area contributed by atoms with E-state index >= 15 is 0 Å². The van der Waals surface area contributed by atoms with Gasteiger partial charge >= 0.3 is 5.97 Å². The molecule has 0 bridgehead atoms. The quantitative estimate of drug-likeness (QED) is 0.314. The van der Waals surface area contributed by atoms with Crippen molar-refractivity contribution in [2.45, 2.75) is 63.6 Å². The number of hydrogen-bond acceptors (Lipinski definition) is 8. The molecule has 1 aliphatic rings. The van der Waals surface area contributed by atoms with Gasteiger partial charge in [0, 0.05) is 29.3 Å². The van der Waals surface area contributed by atoms with Crippen LogP contribution in [0.25, 0.3) is 0 Å². The monoisotopic (exact) mass is 432 g/mol. The molecule has 1 saturated heterocycles. The van der Waals surface area contributed by atoms with E-state index in [0.29, 0.717) is 12.0 Å².